The molecule has 1 N–H and O–H groups in total. The summed E-state index contributed by atoms with van der Waals surface area (Å²) in [4.78, 5) is 4.52. The van der Waals surface area contributed by atoms with Crippen LogP contribution < -0.4 is 5.32 Å². The minimum absolute atomic E-state index is 0.133. The summed E-state index contributed by atoms with van der Waals surface area (Å²) in [5.74, 6) is 1.28. The predicted octanol–water partition coefficient (Wildman–Crippen LogP) is 3.98. The van der Waals surface area contributed by atoms with Gasteiger partial charge in [0.15, 0.2) is 0 Å². The van der Waals surface area contributed by atoms with Gasteiger partial charge in [0.1, 0.15) is 0 Å². The van der Waals surface area contributed by atoms with Gasteiger partial charge in [-0.15, -0.1) is 0 Å². The van der Waals surface area contributed by atoms with Crippen molar-refractivity contribution in [3.63, 3.8) is 0 Å². The molecule has 2 aromatic rings. The largest absolute Gasteiger partial charge is 0.339 e. The molecule has 1 unspecified atom stereocenters. The average molecular weight is 352 g/mol. The molecular formula is C16H22BrN3O. The lowest BCUT2D eigenvalue weighted by Crippen LogP contribution is -2.39. The molecule has 1 aromatic heterocycles. The predicted molar refractivity (Wildman–Crippen MR) is 88.2 cm³/mol. The van der Waals surface area contributed by atoms with E-state index < -0.39 is 0 Å². The molecule has 1 heterocycles. The number of hydrogen-bond donors (Lipinski definition) is 1. The molecule has 0 aliphatic heterocycles. The van der Waals surface area contributed by atoms with Crippen LogP contribution in [0.3, 0.4) is 0 Å². The molecule has 114 valence electrons. The van der Waals surface area contributed by atoms with Crippen molar-refractivity contribution in [3.8, 4) is 11.4 Å². The Morgan fingerprint density at radius 3 is 2.62 bits per heavy atom. The number of hydrogen-bond acceptors (Lipinski definition) is 4. The number of rotatable bonds is 4. The Labute approximate surface area is 134 Å². The van der Waals surface area contributed by atoms with Crippen molar-refractivity contribution in [3.05, 3.63) is 34.1 Å². The van der Waals surface area contributed by atoms with E-state index in [-0.39, 0.29) is 11.5 Å². The molecule has 0 aliphatic carbocycles. The van der Waals surface area contributed by atoms with Crippen molar-refractivity contribution < 1.29 is 4.52 Å². The van der Waals surface area contributed by atoms with Crippen molar-refractivity contribution in [1.29, 1.82) is 0 Å². The molecule has 21 heavy (non-hydrogen) atoms. The Balaban J connectivity index is 2.22. The number of benzene rings is 1. The van der Waals surface area contributed by atoms with Crippen LogP contribution in [0.4, 0.5) is 0 Å². The molecule has 2 rings (SSSR count). The molecule has 0 aliphatic rings. The van der Waals surface area contributed by atoms with Gasteiger partial charge in [0, 0.05) is 22.5 Å². The Morgan fingerprint density at radius 1 is 1.33 bits per heavy atom. The van der Waals surface area contributed by atoms with Crippen LogP contribution in [0.1, 0.15) is 32.2 Å². The van der Waals surface area contributed by atoms with Crippen LogP contribution in [0.5, 0.6) is 0 Å². The van der Waals surface area contributed by atoms with Gasteiger partial charge in [-0.2, -0.15) is 4.98 Å². The smallest absolute Gasteiger partial charge is 0.228 e. The molecule has 0 radical (unpaired) electrons. The zero-order chi connectivity index (χ0) is 15.6. The quantitative estimate of drug-likeness (QED) is 0.904. The van der Waals surface area contributed by atoms with Gasteiger partial charge in [-0.1, -0.05) is 47.9 Å². The summed E-state index contributed by atoms with van der Waals surface area (Å²) in [6.07, 6.45) is 0.719. The summed E-state index contributed by atoms with van der Waals surface area (Å²) in [5, 5.41) is 7.42. The van der Waals surface area contributed by atoms with Crippen molar-refractivity contribution >= 4 is 15.9 Å². The van der Waals surface area contributed by atoms with Gasteiger partial charge in [-0.05, 0) is 37.1 Å². The summed E-state index contributed by atoms with van der Waals surface area (Å²) in [7, 11) is 1.96. The van der Waals surface area contributed by atoms with Crippen LogP contribution in [-0.4, -0.2) is 23.2 Å². The van der Waals surface area contributed by atoms with Gasteiger partial charge in [0.05, 0.1) is 0 Å². The van der Waals surface area contributed by atoms with E-state index in [1.165, 1.54) is 5.56 Å². The highest BCUT2D eigenvalue weighted by molar-refractivity contribution is 9.10. The first-order valence-corrected chi connectivity index (χ1v) is 7.87. The number of nitrogens with one attached hydrogen (secondary N) is 1. The standard InChI is InChI=1S/C16H22BrN3O/c1-10-6-7-11(12(17)8-10)15-19-14(21-20-15)9-13(18-5)16(2,3)4/h6-8,13,18H,9H2,1-5H3. The molecule has 1 aromatic carbocycles. The van der Waals surface area contributed by atoms with E-state index in [0.29, 0.717) is 11.7 Å². The third-order valence-electron chi connectivity index (χ3n) is 3.61. The lowest BCUT2D eigenvalue weighted by atomic mass is 9.85. The van der Waals surface area contributed by atoms with Crippen molar-refractivity contribution in [1.82, 2.24) is 15.5 Å². The lowest BCUT2D eigenvalue weighted by Gasteiger charge is -2.29. The van der Waals surface area contributed by atoms with Crippen LogP contribution >= 0.6 is 15.9 Å². The highest BCUT2D eigenvalue weighted by Gasteiger charge is 2.25. The molecule has 0 spiro atoms. The van der Waals surface area contributed by atoms with E-state index in [9.17, 15) is 0 Å². The molecule has 0 fully saturated rings. The fourth-order valence-electron chi connectivity index (χ4n) is 2.26. The highest BCUT2D eigenvalue weighted by Crippen LogP contribution is 2.28. The summed E-state index contributed by atoms with van der Waals surface area (Å²) < 4.78 is 6.39. The molecule has 1 atom stereocenters. The Morgan fingerprint density at radius 2 is 2.05 bits per heavy atom. The summed E-state index contributed by atoms with van der Waals surface area (Å²) >= 11 is 3.56. The number of halogens is 1. The molecule has 0 saturated carbocycles. The summed E-state index contributed by atoms with van der Waals surface area (Å²) in [5.41, 5.74) is 2.28. The third-order valence-corrected chi connectivity index (χ3v) is 4.26. The van der Waals surface area contributed by atoms with E-state index >= 15 is 0 Å². The maximum Gasteiger partial charge on any atom is 0.228 e. The number of likely N-dealkylation sites (N-methyl/N-ethyl adjacent to an activating group) is 1. The second-order valence-corrected chi connectivity index (χ2v) is 7.26. The Bertz CT molecular complexity index is 616. The zero-order valence-corrected chi connectivity index (χ0v) is 14.8. The van der Waals surface area contributed by atoms with Crippen molar-refractivity contribution in [2.45, 2.75) is 40.2 Å². The maximum atomic E-state index is 5.41. The fraction of sp³-hybridized carbons (Fsp3) is 0.500. The van der Waals surface area contributed by atoms with E-state index in [2.05, 4.69) is 65.1 Å². The molecule has 5 heteroatoms. The second-order valence-electron chi connectivity index (χ2n) is 6.41. The first kappa shape index (κ1) is 16.2. The minimum atomic E-state index is 0.133. The fourth-order valence-corrected chi connectivity index (χ4v) is 2.94. The van der Waals surface area contributed by atoms with E-state index in [1.807, 2.05) is 19.2 Å². The summed E-state index contributed by atoms with van der Waals surface area (Å²) in [6, 6.07) is 6.39. The van der Waals surface area contributed by atoms with Gasteiger partial charge in [-0.3, -0.25) is 0 Å². The van der Waals surface area contributed by atoms with Crippen LogP contribution in [0, 0.1) is 12.3 Å². The minimum Gasteiger partial charge on any atom is -0.339 e. The Kier molecular flexibility index (Phi) is 4.84. The van der Waals surface area contributed by atoms with E-state index in [4.69, 9.17) is 4.52 Å². The molecular weight excluding hydrogens is 330 g/mol. The summed E-state index contributed by atoms with van der Waals surface area (Å²) in [6.45, 7) is 8.64. The van der Waals surface area contributed by atoms with Crippen LogP contribution in [0.2, 0.25) is 0 Å². The molecule has 0 amide bonds. The number of aryl methyl sites for hydroxylation is 1. The third kappa shape index (κ3) is 3.92. The van der Waals surface area contributed by atoms with Crippen molar-refractivity contribution in [2.75, 3.05) is 7.05 Å². The maximum absolute atomic E-state index is 5.41. The molecule has 0 saturated heterocycles. The number of aromatic nitrogens is 2. The van der Waals surface area contributed by atoms with Crippen LogP contribution in [0.25, 0.3) is 11.4 Å². The van der Waals surface area contributed by atoms with E-state index in [0.717, 1.165) is 16.5 Å². The Hall–Kier alpha value is -1.20. The van der Waals surface area contributed by atoms with Gasteiger partial charge in [0.25, 0.3) is 0 Å². The first-order chi connectivity index (χ1) is 9.81. The van der Waals surface area contributed by atoms with Gasteiger partial charge < -0.3 is 9.84 Å². The average Bonchev–Trinajstić information content (AvgIpc) is 2.82. The highest BCUT2D eigenvalue weighted by atomic mass is 79.9. The second kappa shape index (κ2) is 6.28. The normalized spacial score (nSPS) is 13.4. The number of nitrogens with zero attached hydrogens (tertiary/aromatic N) is 2. The molecule has 4 nitrogen and oxygen atoms in total. The topological polar surface area (TPSA) is 51.0 Å². The van der Waals surface area contributed by atoms with Gasteiger partial charge in [-0.25, -0.2) is 0 Å². The SMILES string of the molecule is CNC(Cc1nc(-c2ccc(C)cc2Br)no1)C(C)(C)C. The van der Waals surface area contributed by atoms with E-state index in [1.54, 1.807) is 0 Å². The van der Waals surface area contributed by atoms with Gasteiger partial charge in [0.2, 0.25) is 11.7 Å². The van der Waals surface area contributed by atoms with Crippen LogP contribution in [0.15, 0.2) is 27.2 Å². The first-order valence-electron chi connectivity index (χ1n) is 7.07. The zero-order valence-electron chi connectivity index (χ0n) is 13.2. The molecule has 0 bridgehead atoms. The lowest BCUT2D eigenvalue weighted by molar-refractivity contribution is 0.255. The van der Waals surface area contributed by atoms with Crippen LogP contribution in [-0.2, 0) is 6.42 Å². The van der Waals surface area contributed by atoms with Gasteiger partial charge >= 0.3 is 0 Å². The van der Waals surface area contributed by atoms with Crippen molar-refractivity contribution in [2.24, 2.45) is 5.41 Å². The monoisotopic (exact) mass is 351 g/mol.